The van der Waals surface area contributed by atoms with Crippen molar-refractivity contribution >= 4 is 11.9 Å². The molecule has 0 atom stereocenters. The Labute approximate surface area is 136 Å². The first-order valence-electron chi connectivity index (χ1n) is 7.71. The predicted molar refractivity (Wildman–Crippen MR) is 86.9 cm³/mol. The normalized spacial score (nSPS) is 15.7. The van der Waals surface area contributed by atoms with Crippen LogP contribution >= 0.6 is 0 Å². The molecule has 0 radical (unpaired) electrons. The molecule has 1 aliphatic rings. The summed E-state index contributed by atoms with van der Waals surface area (Å²) < 4.78 is 5.34. The van der Waals surface area contributed by atoms with Crippen LogP contribution in [0.4, 0.5) is 4.79 Å². The number of rotatable bonds is 4. The van der Waals surface area contributed by atoms with E-state index in [0.717, 1.165) is 13.1 Å². The first kappa shape index (κ1) is 17.2. The number of urea groups is 1. The number of morpholine rings is 1. The molecule has 1 saturated heterocycles. The fourth-order valence-electron chi connectivity index (χ4n) is 2.40. The van der Waals surface area contributed by atoms with Gasteiger partial charge in [-0.1, -0.05) is 18.2 Å². The minimum atomic E-state index is -0.435. The third-order valence-electron chi connectivity index (χ3n) is 3.87. The van der Waals surface area contributed by atoms with Crippen LogP contribution in [0.3, 0.4) is 0 Å². The molecule has 0 aliphatic carbocycles. The molecule has 23 heavy (non-hydrogen) atoms. The van der Waals surface area contributed by atoms with Crippen molar-refractivity contribution in [2.75, 3.05) is 32.8 Å². The Morgan fingerprint density at radius 2 is 1.78 bits per heavy atom. The Morgan fingerprint density at radius 1 is 1.13 bits per heavy atom. The number of nitrogens with zero attached hydrogens (tertiary/aromatic N) is 1. The van der Waals surface area contributed by atoms with Gasteiger partial charge in [0.05, 0.1) is 13.2 Å². The predicted octanol–water partition coefficient (Wildman–Crippen LogP) is 0.741. The molecule has 0 aromatic heterocycles. The summed E-state index contributed by atoms with van der Waals surface area (Å²) in [4.78, 5) is 25.9. The van der Waals surface area contributed by atoms with Gasteiger partial charge in [-0.25, -0.2) is 10.2 Å². The molecule has 3 N–H and O–H groups in total. The number of hydrazine groups is 1. The minimum Gasteiger partial charge on any atom is -0.379 e. The largest absolute Gasteiger partial charge is 0.379 e. The summed E-state index contributed by atoms with van der Waals surface area (Å²) in [6, 6.07) is 8.27. The Bertz CT molecular complexity index is 527. The van der Waals surface area contributed by atoms with Crippen LogP contribution in [0.2, 0.25) is 0 Å². The highest BCUT2D eigenvalue weighted by molar-refractivity contribution is 5.95. The van der Waals surface area contributed by atoms with Gasteiger partial charge < -0.3 is 10.1 Å². The maximum absolute atomic E-state index is 11.8. The van der Waals surface area contributed by atoms with Gasteiger partial charge in [-0.05, 0) is 26.0 Å². The van der Waals surface area contributed by atoms with E-state index in [4.69, 9.17) is 4.74 Å². The van der Waals surface area contributed by atoms with E-state index >= 15 is 0 Å². The first-order valence-corrected chi connectivity index (χ1v) is 7.71. The van der Waals surface area contributed by atoms with Gasteiger partial charge >= 0.3 is 6.03 Å². The standard InChI is InChI=1S/C16H24N4O3/c1-16(2,20-8-10-23-11-9-20)12-17-15(22)19-18-14(21)13-6-4-3-5-7-13/h3-7H,8-12H2,1-2H3,(H,18,21)(H2,17,19,22). The average molecular weight is 320 g/mol. The Morgan fingerprint density at radius 3 is 2.43 bits per heavy atom. The fraction of sp³-hybridized carbons (Fsp3) is 0.500. The number of amides is 3. The van der Waals surface area contributed by atoms with Gasteiger partial charge in [-0.3, -0.25) is 15.1 Å². The molecule has 0 spiro atoms. The molecule has 1 aromatic carbocycles. The van der Waals surface area contributed by atoms with Crippen molar-refractivity contribution in [3.63, 3.8) is 0 Å². The van der Waals surface area contributed by atoms with Crippen molar-refractivity contribution < 1.29 is 14.3 Å². The van der Waals surface area contributed by atoms with Crippen molar-refractivity contribution in [1.29, 1.82) is 0 Å². The summed E-state index contributed by atoms with van der Waals surface area (Å²) >= 11 is 0. The van der Waals surface area contributed by atoms with Crippen molar-refractivity contribution in [2.45, 2.75) is 19.4 Å². The van der Waals surface area contributed by atoms with Gasteiger partial charge in [0, 0.05) is 30.7 Å². The van der Waals surface area contributed by atoms with Crippen LogP contribution in [0.1, 0.15) is 24.2 Å². The van der Waals surface area contributed by atoms with Crippen LogP contribution in [-0.4, -0.2) is 55.2 Å². The lowest BCUT2D eigenvalue weighted by atomic mass is 10.0. The molecule has 2 rings (SSSR count). The number of benzene rings is 1. The number of carbonyl (C=O) groups excluding carboxylic acids is 2. The zero-order valence-electron chi connectivity index (χ0n) is 13.6. The van der Waals surface area contributed by atoms with Gasteiger partial charge in [-0.15, -0.1) is 0 Å². The summed E-state index contributed by atoms with van der Waals surface area (Å²) in [6.07, 6.45) is 0. The first-order chi connectivity index (χ1) is 11.0. The minimum absolute atomic E-state index is 0.176. The number of hydrogen-bond acceptors (Lipinski definition) is 4. The highest BCUT2D eigenvalue weighted by Gasteiger charge is 2.28. The highest BCUT2D eigenvalue weighted by Crippen LogP contribution is 2.14. The Balaban J connectivity index is 1.73. The molecule has 126 valence electrons. The van der Waals surface area contributed by atoms with E-state index in [0.29, 0.717) is 25.3 Å². The second-order valence-corrected chi connectivity index (χ2v) is 6.04. The summed E-state index contributed by atoms with van der Waals surface area (Å²) in [5.41, 5.74) is 5.05. The van der Waals surface area contributed by atoms with E-state index in [2.05, 4.69) is 34.9 Å². The lowest BCUT2D eigenvalue weighted by Gasteiger charge is -2.40. The van der Waals surface area contributed by atoms with Crippen LogP contribution in [0.5, 0.6) is 0 Å². The van der Waals surface area contributed by atoms with E-state index in [1.165, 1.54) is 0 Å². The van der Waals surface area contributed by atoms with Gasteiger partial charge in [-0.2, -0.15) is 0 Å². The average Bonchev–Trinajstić information content (AvgIpc) is 2.59. The molecule has 0 unspecified atom stereocenters. The Hall–Kier alpha value is -2.12. The van der Waals surface area contributed by atoms with Crippen molar-refractivity contribution in [1.82, 2.24) is 21.1 Å². The van der Waals surface area contributed by atoms with Crippen LogP contribution < -0.4 is 16.2 Å². The van der Waals surface area contributed by atoms with Crippen LogP contribution in [0, 0.1) is 0 Å². The quantitative estimate of drug-likeness (QED) is 0.715. The van der Waals surface area contributed by atoms with Crippen LogP contribution in [0.15, 0.2) is 30.3 Å². The molecule has 0 saturated carbocycles. The molecule has 7 heteroatoms. The van der Waals surface area contributed by atoms with Crippen LogP contribution in [0.25, 0.3) is 0 Å². The SMILES string of the molecule is CC(C)(CNC(=O)NNC(=O)c1ccccc1)N1CCOCC1. The summed E-state index contributed by atoms with van der Waals surface area (Å²) in [5, 5.41) is 2.78. The third-order valence-corrected chi connectivity index (χ3v) is 3.87. The molecule has 7 nitrogen and oxygen atoms in total. The monoisotopic (exact) mass is 320 g/mol. The summed E-state index contributed by atoms with van der Waals surface area (Å²) in [5.74, 6) is -0.354. The van der Waals surface area contributed by atoms with Crippen molar-refractivity contribution in [3.8, 4) is 0 Å². The topological polar surface area (TPSA) is 82.7 Å². The molecular weight excluding hydrogens is 296 g/mol. The van der Waals surface area contributed by atoms with E-state index in [9.17, 15) is 9.59 Å². The number of ether oxygens (including phenoxy) is 1. The molecule has 1 fully saturated rings. The van der Waals surface area contributed by atoms with Gasteiger partial charge in [0.15, 0.2) is 0 Å². The van der Waals surface area contributed by atoms with Crippen molar-refractivity contribution in [3.05, 3.63) is 35.9 Å². The number of nitrogens with one attached hydrogen (secondary N) is 3. The molecule has 1 aliphatic heterocycles. The van der Waals surface area contributed by atoms with Gasteiger partial charge in [0.2, 0.25) is 0 Å². The molecule has 1 aromatic rings. The molecular formula is C16H24N4O3. The zero-order valence-corrected chi connectivity index (χ0v) is 13.6. The van der Waals surface area contributed by atoms with E-state index in [1.54, 1.807) is 24.3 Å². The van der Waals surface area contributed by atoms with Gasteiger partial charge in [0.1, 0.15) is 0 Å². The summed E-state index contributed by atoms with van der Waals surface area (Å²) in [7, 11) is 0. The Kier molecular flexibility index (Phi) is 5.95. The second-order valence-electron chi connectivity index (χ2n) is 6.04. The maximum Gasteiger partial charge on any atom is 0.333 e. The second kappa shape index (κ2) is 7.94. The lowest BCUT2D eigenvalue weighted by Crippen LogP contribution is -2.57. The third kappa shape index (κ3) is 5.22. The fourth-order valence-corrected chi connectivity index (χ4v) is 2.40. The summed E-state index contributed by atoms with van der Waals surface area (Å²) in [6.45, 7) is 7.73. The van der Waals surface area contributed by atoms with Gasteiger partial charge in [0.25, 0.3) is 5.91 Å². The lowest BCUT2D eigenvalue weighted by molar-refractivity contribution is -0.00877. The van der Waals surface area contributed by atoms with Crippen LogP contribution in [-0.2, 0) is 4.74 Å². The molecule has 3 amide bonds. The number of hydrogen-bond donors (Lipinski definition) is 3. The van der Waals surface area contributed by atoms with Crippen molar-refractivity contribution in [2.24, 2.45) is 0 Å². The molecule has 1 heterocycles. The molecule has 0 bridgehead atoms. The zero-order chi connectivity index (χ0) is 16.7. The smallest absolute Gasteiger partial charge is 0.333 e. The maximum atomic E-state index is 11.8. The van der Waals surface area contributed by atoms with E-state index < -0.39 is 6.03 Å². The highest BCUT2D eigenvalue weighted by atomic mass is 16.5. The van der Waals surface area contributed by atoms with E-state index in [1.807, 2.05) is 6.07 Å². The van der Waals surface area contributed by atoms with E-state index in [-0.39, 0.29) is 11.4 Å². The number of carbonyl (C=O) groups is 2.